The Morgan fingerprint density at radius 1 is 0.968 bits per heavy atom. The van der Waals surface area contributed by atoms with Crippen LogP contribution in [0.1, 0.15) is 22.6 Å². The van der Waals surface area contributed by atoms with Gasteiger partial charge in [0, 0.05) is 23.4 Å². The molecule has 0 amide bonds. The molecule has 2 heterocycles. The highest BCUT2D eigenvalue weighted by Crippen LogP contribution is 2.38. The van der Waals surface area contributed by atoms with E-state index >= 15 is 0 Å². The van der Waals surface area contributed by atoms with E-state index in [1.54, 1.807) is 0 Å². The van der Waals surface area contributed by atoms with Gasteiger partial charge in [-0.3, -0.25) is 0 Å². The number of nitrogens with one attached hydrogen (secondary N) is 1. The minimum Gasteiger partial charge on any atom is -0.455 e. The molecule has 0 bridgehead atoms. The Bertz CT molecular complexity index is 1330. The number of aromatic nitrogens is 5. The summed E-state index contributed by atoms with van der Waals surface area (Å²) < 4.78 is 8.66. The molecule has 5 rings (SSSR count). The molecule has 31 heavy (non-hydrogen) atoms. The zero-order valence-electron chi connectivity index (χ0n) is 16.9. The number of tetrazole rings is 1. The normalized spacial score (nSPS) is 11.2. The number of nitrogens with zero attached hydrogens (tertiary/aromatic N) is 4. The molecule has 6 nitrogen and oxygen atoms in total. The maximum absolute atomic E-state index is 6.41. The molecule has 0 spiro atoms. The van der Waals surface area contributed by atoms with Crippen molar-refractivity contribution in [2.24, 2.45) is 0 Å². The molecule has 0 aliphatic carbocycles. The van der Waals surface area contributed by atoms with E-state index in [2.05, 4.69) is 56.4 Å². The van der Waals surface area contributed by atoms with Gasteiger partial charge in [-0.05, 0) is 48.4 Å². The van der Waals surface area contributed by atoms with Crippen molar-refractivity contribution in [1.82, 2.24) is 25.2 Å². The summed E-state index contributed by atoms with van der Waals surface area (Å²) in [6.07, 6.45) is 0.581. The maximum atomic E-state index is 6.41. The lowest BCUT2D eigenvalue weighted by atomic mass is 10.1. The van der Waals surface area contributed by atoms with Crippen molar-refractivity contribution in [2.75, 3.05) is 0 Å². The van der Waals surface area contributed by atoms with Crippen LogP contribution in [0, 0.1) is 6.92 Å². The number of fused-ring (bicyclic) bond motifs is 1. The van der Waals surface area contributed by atoms with Gasteiger partial charge in [0.15, 0.2) is 11.6 Å². The predicted molar refractivity (Wildman–Crippen MR) is 121 cm³/mol. The summed E-state index contributed by atoms with van der Waals surface area (Å²) >= 11 is 6.33. The number of H-pyrrole nitrogens is 1. The number of ether oxygens (including phenoxy) is 1. The minimum absolute atomic E-state index is 0.581. The van der Waals surface area contributed by atoms with Gasteiger partial charge in [0.05, 0.1) is 11.2 Å². The van der Waals surface area contributed by atoms with Gasteiger partial charge < -0.3 is 9.30 Å². The number of hydrogen-bond acceptors (Lipinski definition) is 4. The van der Waals surface area contributed by atoms with E-state index in [0.29, 0.717) is 17.3 Å². The van der Waals surface area contributed by atoms with Crippen LogP contribution < -0.4 is 4.74 Å². The van der Waals surface area contributed by atoms with Crippen LogP contribution in [-0.2, 0) is 13.0 Å². The summed E-state index contributed by atoms with van der Waals surface area (Å²) in [5, 5.41) is 15.9. The largest absolute Gasteiger partial charge is 0.455 e. The van der Waals surface area contributed by atoms with Crippen LogP contribution in [0.15, 0.2) is 72.8 Å². The standard InChI is InChI=1S/C24H20ClN5O/c1-16-24(31-20-9-5-8-18(12-20)13-23-26-28-29-27-23)21-11-10-19(25)14-22(21)30(16)15-17-6-3-2-4-7-17/h2-12,14H,13,15H2,1H3,(H,26,27,28,29). The molecule has 3 aromatic carbocycles. The zero-order chi connectivity index (χ0) is 21.2. The monoisotopic (exact) mass is 429 g/mol. The van der Waals surface area contributed by atoms with Gasteiger partial charge in [0.1, 0.15) is 5.75 Å². The molecule has 0 fully saturated rings. The fourth-order valence-corrected chi connectivity index (χ4v) is 3.96. The molecule has 0 unspecified atom stereocenters. The summed E-state index contributed by atoms with van der Waals surface area (Å²) in [4.78, 5) is 0. The van der Waals surface area contributed by atoms with E-state index in [1.807, 2.05) is 48.5 Å². The van der Waals surface area contributed by atoms with Gasteiger partial charge >= 0.3 is 0 Å². The zero-order valence-corrected chi connectivity index (χ0v) is 17.7. The second-order valence-corrected chi connectivity index (χ2v) is 7.84. The number of halogens is 1. The summed E-state index contributed by atoms with van der Waals surface area (Å²) in [7, 11) is 0. The van der Waals surface area contributed by atoms with Gasteiger partial charge in [-0.25, -0.2) is 0 Å². The third kappa shape index (κ3) is 4.02. The molecule has 0 aliphatic heterocycles. The van der Waals surface area contributed by atoms with E-state index in [9.17, 15) is 0 Å². The Morgan fingerprint density at radius 3 is 2.61 bits per heavy atom. The molecular weight excluding hydrogens is 410 g/mol. The average Bonchev–Trinajstić information content (AvgIpc) is 3.37. The summed E-state index contributed by atoms with van der Waals surface area (Å²) in [5.41, 5.74) is 4.36. The average molecular weight is 430 g/mol. The van der Waals surface area contributed by atoms with E-state index in [-0.39, 0.29) is 0 Å². The summed E-state index contributed by atoms with van der Waals surface area (Å²) in [6, 6.07) is 24.2. The van der Waals surface area contributed by atoms with Crippen LogP contribution in [0.25, 0.3) is 10.9 Å². The van der Waals surface area contributed by atoms with Crippen molar-refractivity contribution in [1.29, 1.82) is 0 Å². The lowest BCUT2D eigenvalue weighted by Gasteiger charge is -2.10. The number of rotatable bonds is 6. The van der Waals surface area contributed by atoms with Crippen LogP contribution in [0.3, 0.4) is 0 Å². The molecule has 5 aromatic rings. The van der Waals surface area contributed by atoms with Crippen LogP contribution in [0.4, 0.5) is 0 Å². The fraction of sp³-hybridized carbons (Fsp3) is 0.125. The van der Waals surface area contributed by atoms with Crippen molar-refractivity contribution in [3.8, 4) is 11.5 Å². The van der Waals surface area contributed by atoms with Gasteiger partial charge in [-0.1, -0.05) is 59.3 Å². The molecule has 154 valence electrons. The number of aromatic amines is 1. The molecular formula is C24H20ClN5O. The van der Waals surface area contributed by atoms with E-state index in [4.69, 9.17) is 16.3 Å². The third-order valence-corrected chi connectivity index (χ3v) is 5.52. The molecule has 2 aromatic heterocycles. The van der Waals surface area contributed by atoms with Gasteiger partial charge in [-0.2, -0.15) is 5.21 Å². The lowest BCUT2D eigenvalue weighted by Crippen LogP contribution is -2.01. The minimum atomic E-state index is 0.581. The second kappa shape index (κ2) is 8.24. The Morgan fingerprint density at radius 2 is 1.81 bits per heavy atom. The first-order chi connectivity index (χ1) is 15.2. The highest BCUT2D eigenvalue weighted by atomic mass is 35.5. The van der Waals surface area contributed by atoms with Crippen molar-refractivity contribution in [2.45, 2.75) is 19.9 Å². The van der Waals surface area contributed by atoms with Gasteiger partial charge in [0.2, 0.25) is 0 Å². The second-order valence-electron chi connectivity index (χ2n) is 7.40. The van der Waals surface area contributed by atoms with Gasteiger partial charge in [-0.15, -0.1) is 10.2 Å². The van der Waals surface area contributed by atoms with Crippen LogP contribution in [0.5, 0.6) is 11.5 Å². The number of benzene rings is 3. The lowest BCUT2D eigenvalue weighted by molar-refractivity contribution is 0.480. The molecule has 0 aliphatic rings. The van der Waals surface area contributed by atoms with Crippen molar-refractivity contribution >= 4 is 22.5 Å². The van der Waals surface area contributed by atoms with Gasteiger partial charge in [0.25, 0.3) is 0 Å². The molecule has 0 saturated carbocycles. The molecule has 7 heteroatoms. The van der Waals surface area contributed by atoms with E-state index in [0.717, 1.165) is 40.2 Å². The van der Waals surface area contributed by atoms with Crippen LogP contribution >= 0.6 is 11.6 Å². The quantitative estimate of drug-likeness (QED) is 0.384. The topological polar surface area (TPSA) is 68.6 Å². The van der Waals surface area contributed by atoms with E-state index in [1.165, 1.54) is 5.56 Å². The highest BCUT2D eigenvalue weighted by Gasteiger charge is 2.17. The first-order valence-corrected chi connectivity index (χ1v) is 10.4. The Hall–Kier alpha value is -3.64. The molecule has 1 N–H and O–H groups in total. The summed E-state index contributed by atoms with van der Waals surface area (Å²) in [5.74, 6) is 2.24. The van der Waals surface area contributed by atoms with Crippen LogP contribution in [-0.4, -0.2) is 25.2 Å². The first kappa shape index (κ1) is 19.3. The van der Waals surface area contributed by atoms with E-state index < -0.39 is 0 Å². The first-order valence-electron chi connectivity index (χ1n) is 9.99. The van der Waals surface area contributed by atoms with Crippen molar-refractivity contribution in [3.63, 3.8) is 0 Å². The highest BCUT2D eigenvalue weighted by molar-refractivity contribution is 6.31. The maximum Gasteiger partial charge on any atom is 0.178 e. The SMILES string of the molecule is Cc1c(Oc2cccc(Cc3nn[nH]n3)c2)c2ccc(Cl)cc2n1Cc1ccccc1. The Labute approximate surface area is 184 Å². The third-order valence-electron chi connectivity index (χ3n) is 5.28. The smallest absolute Gasteiger partial charge is 0.178 e. The Balaban J connectivity index is 1.52. The van der Waals surface area contributed by atoms with Crippen LogP contribution in [0.2, 0.25) is 5.02 Å². The van der Waals surface area contributed by atoms with Crippen molar-refractivity contribution < 1.29 is 4.74 Å². The molecule has 0 radical (unpaired) electrons. The summed E-state index contributed by atoms with van der Waals surface area (Å²) in [6.45, 7) is 2.82. The number of hydrogen-bond donors (Lipinski definition) is 1. The fourth-order valence-electron chi connectivity index (χ4n) is 3.79. The molecule has 0 atom stereocenters. The predicted octanol–water partition coefficient (Wildman–Crippen LogP) is 5.55. The van der Waals surface area contributed by atoms with Crippen molar-refractivity contribution in [3.05, 3.63) is 100 Å². The molecule has 0 saturated heterocycles. The Kier molecular flexibility index (Phi) is 5.14.